The monoisotopic (exact) mass is 455 g/mol. The molecule has 158 valence electrons. The van der Waals surface area contributed by atoms with Gasteiger partial charge in [0.25, 0.3) is 0 Å². The number of H-pyrrole nitrogens is 1. The Balaban J connectivity index is 2.29. The van der Waals surface area contributed by atoms with Gasteiger partial charge in [-0.15, -0.1) is 16.6 Å². The number of nitrogens with one attached hydrogen (secondary N) is 1. The summed E-state index contributed by atoms with van der Waals surface area (Å²) in [5.74, 6) is 10.3. The van der Waals surface area contributed by atoms with Crippen LogP contribution < -0.4 is 0 Å². The molecule has 0 amide bonds. The minimum atomic E-state index is -1.49. The number of hydrogen-bond donors (Lipinski definition) is 1. The van der Waals surface area contributed by atoms with Crippen molar-refractivity contribution in [2.75, 3.05) is 0 Å². The van der Waals surface area contributed by atoms with Crippen molar-refractivity contribution in [3.8, 4) is 34.4 Å². The molecule has 0 spiro atoms. The van der Waals surface area contributed by atoms with Gasteiger partial charge in [-0.2, -0.15) is 0 Å². The Hall–Kier alpha value is -2.43. The van der Waals surface area contributed by atoms with E-state index in [4.69, 9.17) is 0 Å². The molecule has 0 atom stereocenters. The maximum Gasteiger partial charge on any atom is 0.129 e. The average molecular weight is 456 g/mol. The van der Waals surface area contributed by atoms with Crippen LogP contribution in [0.3, 0.4) is 0 Å². The van der Waals surface area contributed by atoms with E-state index in [9.17, 15) is 0 Å². The van der Waals surface area contributed by atoms with Crippen LogP contribution >= 0.6 is 0 Å². The molecule has 4 heteroatoms. The molecule has 2 aromatic carbocycles. The fourth-order valence-electron chi connectivity index (χ4n) is 3.02. The maximum absolute atomic E-state index is 3.62. The number of aromatic amines is 1. The van der Waals surface area contributed by atoms with Crippen LogP contribution in [0.1, 0.15) is 16.7 Å². The highest BCUT2D eigenvalue weighted by Gasteiger charge is 2.13. The third kappa shape index (κ3) is 6.52. The number of benzene rings is 2. The standard InChI is InChI=1S/C27H33NSi3/c1-29(2,3)15-12-21-10-11-26-24(19-21)25-20-22(13-16-30(4,5)6)18-23(27(25)28-26)14-17-31(7,8)9/h10-11,18-20,28H,1-9H3. The van der Waals surface area contributed by atoms with E-state index in [0.717, 1.165) is 27.7 Å². The summed E-state index contributed by atoms with van der Waals surface area (Å²) in [4.78, 5) is 3.62. The van der Waals surface area contributed by atoms with Crippen molar-refractivity contribution in [1.82, 2.24) is 4.98 Å². The molecule has 1 nitrogen and oxygen atoms in total. The van der Waals surface area contributed by atoms with Gasteiger partial charge in [0.05, 0.1) is 5.52 Å². The van der Waals surface area contributed by atoms with Crippen LogP contribution in [0.5, 0.6) is 0 Å². The van der Waals surface area contributed by atoms with Gasteiger partial charge in [-0.1, -0.05) is 76.7 Å². The normalized spacial score (nSPS) is 11.9. The summed E-state index contributed by atoms with van der Waals surface area (Å²) >= 11 is 0. The molecule has 3 rings (SSSR count). The predicted molar refractivity (Wildman–Crippen MR) is 146 cm³/mol. The molecule has 0 bridgehead atoms. The minimum Gasteiger partial charge on any atom is -0.353 e. The molecule has 3 aromatic rings. The van der Waals surface area contributed by atoms with Crippen molar-refractivity contribution in [2.45, 2.75) is 58.9 Å². The second-order valence-corrected chi connectivity index (χ2v) is 25.6. The van der Waals surface area contributed by atoms with E-state index in [0.29, 0.717) is 0 Å². The number of fused-ring (bicyclic) bond motifs is 3. The van der Waals surface area contributed by atoms with E-state index in [-0.39, 0.29) is 0 Å². The molecule has 0 aliphatic rings. The first-order valence-electron chi connectivity index (χ1n) is 10.9. The Morgan fingerprint density at radius 2 is 1.10 bits per heavy atom. The van der Waals surface area contributed by atoms with Gasteiger partial charge in [0.15, 0.2) is 0 Å². The molecule has 0 radical (unpaired) electrons. The highest BCUT2D eigenvalue weighted by atomic mass is 28.3. The Labute approximate surface area is 191 Å². The first kappa shape index (κ1) is 23.2. The van der Waals surface area contributed by atoms with E-state index in [1.807, 2.05) is 0 Å². The molecule has 0 unspecified atom stereocenters. The van der Waals surface area contributed by atoms with Gasteiger partial charge in [-0.05, 0) is 30.3 Å². The van der Waals surface area contributed by atoms with Gasteiger partial charge in [-0.3, -0.25) is 0 Å². The number of aromatic nitrogens is 1. The van der Waals surface area contributed by atoms with E-state index >= 15 is 0 Å². The van der Waals surface area contributed by atoms with Crippen molar-refractivity contribution in [1.29, 1.82) is 0 Å². The van der Waals surface area contributed by atoms with Gasteiger partial charge in [0, 0.05) is 33.0 Å². The summed E-state index contributed by atoms with van der Waals surface area (Å²) in [6.45, 7) is 20.5. The molecular weight excluding hydrogens is 423 g/mol. The van der Waals surface area contributed by atoms with E-state index in [2.05, 4.69) is 129 Å². The Kier molecular flexibility index (Phi) is 6.19. The molecule has 0 saturated carbocycles. The van der Waals surface area contributed by atoms with Crippen molar-refractivity contribution < 1.29 is 0 Å². The number of hydrogen-bond acceptors (Lipinski definition) is 0. The summed E-state index contributed by atoms with van der Waals surface area (Å²) in [7, 11) is -4.37. The Morgan fingerprint density at radius 1 is 0.581 bits per heavy atom. The first-order valence-corrected chi connectivity index (χ1v) is 21.4. The average Bonchev–Trinajstić information content (AvgIpc) is 2.99. The van der Waals surface area contributed by atoms with Gasteiger partial charge in [-0.25, -0.2) is 0 Å². The predicted octanol–water partition coefficient (Wildman–Crippen LogP) is 7.01. The second kappa shape index (κ2) is 8.25. The summed E-state index contributed by atoms with van der Waals surface area (Å²) in [5, 5.41) is 2.39. The zero-order valence-corrected chi connectivity index (χ0v) is 23.4. The van der Waals surface area contributed by atoms with E-state index in [1.165, 1.54) is 10.8 Å². The smallest absolute Gasteiger partial charge is 0.129 e. The van der Waals surface area contributed by atoms with Crippen molar-refractivity contribution >= 4 is 46.0 Å². The summed E-state index contributed by atoms with van der Waals surface area (Å²) in [6.07, 6.45) is 0. The molecule has 0 aliphatic heterocycles. The minimum absolute atomic E-state index is 1.05. The summed E-state index contributed by atoms with van der Waals surface area (Å²) in [6, 6.07) is 10.9. The van der Waals surface area contributed by atoms with Gasteiger partial charge in [0.1, 0.15) is 24.2 Å². The van der Waals surface area contributed by atoms with E-state index in [1.54, 1.807) is 0 Å². The van der Waals surface area contributed by atoms with Crippen LogP contribution in [0.15, 0.2) is 30.3 Å². The van der Waals surface area contributed by atoms with Crippen LogP contribution in [-0.2, 0) is 0 Å². The lowest BCUT2D eigenvalue weighted by atomic mass is 10.0. The number of rotatable bonds is 0. The lowest BCUT2D eigenvalue weighted by molar-refractivity contribution is 1.52. The summed E-state index contributed by atoms with van der Waals surface area (Å²) < 4.78 is 0. The van der Waals surface area contributed by atoms with Crippen LogP contribution in [0.2, 0.25) is 58.9 Å². The molecule has 1 aromatic heterocycles. The van der Waals surface area contributed by atoms with Crippen LogP contribution in [0.4, 0.5) is 0 Å². The zero-order chi connectivity index (χ0) is 23.0. The highest BCUT2D eigenvalue weighted by molar-refractivity contribution is 6.84. The third-order valence-corrected chi connectivity index (χ3v) is 7.07. The van der Waals surface area contributed by atoms with Crippen molar-refractivity contribution in [3.05, 3.63) is 47.0 Å². The quantitative estimate of drug-likeness (QED) is 0.277. The van der Waals surface area contributed by atoms with Gasteiger partial charge < -0.3 is 4.98 Å². The van der Waals surface area contributed by atoms with Crippen molar-refractivity contribution in [3.63, 3.8) is 0 Å². The van der Waals surface area contributed by atoms with Crippen LogP contribution in [0.25, 0.3) is 21.8 Å². The highest BCUT2D eigenvalue weighted by Crippen LogP contribution is 2.29. The maximum atomic E-state index is 3.62. The molecule has 0 saturated heterocycles. The molecule has 1 heterocycles. The molecule has 1 N–H and O–H groups in total. The Morgan fingerprint density at radius 3 is 1.68 bits per heavy atom. The molecule has 0 fully saturated rings. The lowest BCUT2D eigenvalue weighted by Crippen LogP contribution is -2.16. The largest absolute Gasteiger partial charge is 0.353 e. The van der Waals surface area contributed by atoms with Crippen LogP contribution in [-0.4, -0.2) is 29.2 Å². The van der Waals surface area contributed by atoms with Crippen molar-refractivity contribution in [2.24, 2.45) is 0 Å². The third-order valence-electron chi connectivity index (χ3n) is 4.44. The first-order chi connectivity index (χ1) is 14.2. The van der Waals surface area contributed by atoms with Gasteiger partial charge in [0.2, 0.25) is 0 Å². The second-order valence-electron chi connectivity index (χ2n) is 11.3. The Bertz CT molecular complexity index is 1340. The summed E-state index contributed by atoms with van der Waals surface area (Å²) in [5.41, 5.74) is 15.9. The molecule has 31 heavy (non-hydrogen) atoms. The fourth-order valence-corrected chi connectivity index (χ4v) is 4.57. The molecular formula is C27H33NSi3. The fraction of sp³-hybridized carbons (Fsp3) is 0.333. The lowest BCUT2D eigenvalue weighted by Gasteiger charge is -2.05. The van der Waals surface area contributed by atoms with Crippen LogP contribution in [0, 0.1) is 34.4 Å². The molecule has 0 aliphatic carbocycles. The SMILES string of the molecule is C[Si](C)(C)C#Cc1ccc2[nH]c3c(C#C[Si](C)(C)C)cc(C#C[Si](C)(C)C)cc3c2c1. The van der Waals surface area contributed by atoms with E-state index < -0.39 is 24.2 Å². The zero-order valence-electron chi connectivity index (χ0n) is 20.4. The van der Waals surface area contributed by atoms with Gasteiger partial charge >= 0.3 is 0 Å². The topological polar surface area (TPSA) is 15.8 Å².